The molecule has 0 radical (unpaired) electrons. The maximum Gasteiger partial charge on any atom is 0.255 e. The summed E-state index contributed by atoms with van der Waals surface area (Å²) in [4.78, 5) is 18.5. The topological polar surface area (TPSA) is 107 Å². The third-order valence-corrected chi connectivity index (χ3v) is 5.47. The Balaban J connectivity index is 1.69. The van der Waals surface area contributed by atoms with Gasteiger partial charge in [0.1, 0.15) is 5.82 Å². The SMILES string of the molecule is N#Cc1cccc(F)c1-c1cc(-n2cc(F)c(N3CC[C@H](O)C3)n2)c2c(n1)CNC2=O. The van der Waals surface area contributed by atoms with Crippen LogP contribution in [0.15, 0.2) is 30.5 Å². The summed E-state index contributed by atoms with van der Waals surface area (Å²) >= 11 is 0. The maximum atomic E-state index is 14.7. The Hall–Kier alpha value is -3.84. The van der Waals surface area contributed by atoms with E-state index < -0.39 is 23.6 Å². The molecule has 0 spiro atoms. The van der Waals surface area contributed by atoms with Crippen molar-refractivity contribution >= 4 is 11.7 Å². The number of nitrogens with zero attached hydrogens (tertiary/aromatic N) is 5. The van der Waals surface area contributed by atoms with E-state index >= 15 is 0 Å². The molecule has 1 fully saturated rings. The Labute approximate surface area is 175 Å². The van der Waals surface area contributed by atoms with Gasteiger partial charge in [0.25, 0.3) is 5.91 Å². The zero-order valence-corrected chi connectivity index (χ0v) is 16.1. The minimum atomic E-state index is -0.631. The first kappa shape index (κ1) is 19.1. The normalized spacial score (nSPS) is 17.5. The number of pyridine rings is 1. The summed E-state index contributed by atoms with van der Waals surface area (Å²) in [6, 6.07) is 7.50. The van der Waals surface area contributed by atoms with Crippen molar-refractivity contribution in [3.63, 3.8) is 0 Å². The quantitative estimate of drug-likeness (QED) is 0.668. The summed E-state index contributed by atoms with van der Waals surface area (Å²) in [7, 11) is 0. The van der Waals surface area contributed by atoms with Crippen LogP contribution < -0.4 is 10.2 Å². The standard InChI is InChI=1S/C21H16F2N6O2/c22-13-3-1-2-11(7-24)18(13)15-6-17(19-16(26-15)8-25-21(19)31)29-10-14(23)20(27-29)28-5-4-12(30)9-28/h1-3,6,10,12,30H,4-5,8-9H2,(H,25,31)/t12-/m0/s1. The Morgan fingerprint density at radius 3 is 2.84 bits per heavy atom. The highest BCUT2D eigenvalue weighted by molar-refractivity contribution is 6.01. The van der Waals surface area contributed by atoms with Crippen LogP contribution in [-0.2, 0) is 6.54 Å². The fourth-order valence-corrected chi connectivity index (χ4v) is 4.01. The Bertz CT molecular complexity index is 1270. The molecule has 2 N–H and O–H groups in total. The Morgan fingerprint density at radius 2 is 2.10 bits per heavy atom. The van der Waals surface area contributed by atoms with Crippen molar-refractivity contribution in [1.29, 1.82) is 5.26 Å². The second-order valence-corrected chi connectivity index (χ2v) is 7.44. The van der Waals surface area contributed by atoms with Crippen LogP contribution in [0.25, 0.3) is 16.9 Å². The number of fused-ring (bicyclic) bond motifs is 1. The molecule has 1 aromatic carbocycles. The number of hydrogen-bond acceptors (Lipinski definition) is 6. The summed E-state index contributed by atoms with van der Waals surface area (Å²) in [5, 5.41) is 26.1. The molecule has 0 aliphatic carbocycles. The van der Waals surface area contributed by atoms with Gasteiger partial charge in [-0.1, -0.05) is 6.07 Å². The lowest BCUT2D eigenvalue weighted by molar-refractivity contribution is 0.0965. The number of aromatic nitrogens is 3. The number of hydrogen-bond donors (Lipinski definition) is 2. The second-order valence-electron chi connectivity index (χ2n) is 7.44. The molecule has 3 aromatic rings. The number of halogens is 2. The number of β-amino-alcohol motifs (C(OH)–C–C–N with tert-alkyl or cyclic N) is 1. The van der Waals surface area contributed by atoms with Crippen LogP contribution in [0.3, 0.4) is 0 Å². The summed E-state index contributed by atoms with van der Waals surface area (Å²) in [5.41, 5.74) is 1.05. The summed E-state index contributed by atoms with van der Waals surface area (Å²) < 4.78 is 30.5. The van der Waals surface area contributed by atoms with E-state index in [1.165, 1.54) is 28.9 Å². The van der Waals surface area contributed by atoms with Crippen LogP contribution in [0, 0.1) is 23.0 Å². The van der Waals surface area contributed by atoms with Gasteiger partial charge in [-0.05, 0) is 24.6 Å². The summed E-state index contributed by atoms with van der Waals surface area (Å²) in [5.74, 6) is -1.57. The van der Waals surface area contributed by atoms with Crippen molar-refractivity contribution in [3.05, 3.63) is 58.9 Å². The zero-order chi connectivity index (χ0) is 21.7. The van der Waals surface area contributed by atoms with Gasteiger partial charge in [0.15, 0.2) is 11.6 Å². The van der Waals surface area contributed by atoms with E-state index in [-0.39, 0.29) is 47.0 Å². The summed E-state index contributed by atoms with van der Waals surface area (Å²) in [6.07, 6.45) is 1.09. The van der Waals surface area contributed by atoms with Crippen LogP contribution in [0.4, 0.5) is 14.6 Å². The Kier molecular flexibility index (Phi) is 4.41. The number of carbonyl (C=O) groups excluding carboxylic acids is 1. The van der Waals surface area contributed by atoms with Gasteiger partial charge in [-0.25, -0.2) is 18.4 Å². The minimum Gasteiger partial charge on any atom is -0.391 e. The number of nitriles is 1. The molecule has 10 heteroatoms. The number of amides is 1. The largest absolute Gasteiger partial charge is 0.391 e. The maximum absolute atomic E-state index is 14.7. The van der Waals surface area contributed by atoms with Crippen LogP contribution in [0.1, 0.15) is 28.0 Å². The number of rotatable bonds is 3. The molecule has 31 heavy (non-hydrogen) atoms. The lowest BCUT2D eigenvalue weighted by Gasteiger charge is -2.14. The minimum absolute atomic E-state index is 0.00363. The van der Waals surface area contributed by atoms with E-state index in [1.54, 1.807) is 4.90 Å². The number of aliphatic hydroxyl groups excluding tert-OH is 1. The number of aliphatic hydroxyl groups is 1. The first-order chi connectivity index (χ1) is 15.0. The van der Waals surface area contributed by atoms with Gasteiger partial charge < -0.3 is 15.3 Å². The highest BCUT2D eigenvalue weighted by atomic mass is 19.1. The second kappa shape index (κ2) is 7.14. The third-order valence-electron chi connectivity index (χ3n) is 5.47. The first-order valence-corrected chi connectivity index (χ1v) is 9.66. The van der Waals surface area contributed by atoms with Crippen LogP contribution in [0.2, 0.25) is 0 Å². The fraction of sp³-hybridized carbons (Fsp3) is 0.238. The van der Waals surface area contributed by atoms with Gasteiger partial charge in [0, 0.05) is 13.1 Å². The molecule has 2 aliphatic rings. The molecule has 156 valence electrons. The van der Waals surface area contributed by atoms with Crippen molar-refractivity contribution < 1.29 is 18.7 Å². The van der Waals surface area contributed by atoms with Crippen molar-refractivity contribution in [2.45, 2.75) is 19.1 Å². The molecular formula is C21H16F2N6O2. The molecule has 1 atom stereocenters. The molecule has 0 bridgehead atoms. The average molecular weight is 422 g/mol. The van der Waals surface area contributed by atoms with Crippen molar-refractivity contribution in [1.82, 2.24) is 20.1 Å². The molecule has 2 aromatic heterocycles. The smallest absolute Gasteiger partial charge is 0.255 e. The van der Waals surface area contributed by atoms with E-state index in [9.17, 15) is 23.9 Å². The molecule has 1 saturated heterocycles. The highest BCUT2D eigenvalue weighted by Gasteiger charge is 2.30. The number of anilines is 1. The molecule has 2 aliphatic heterocycles. The number of benzene rings is 1. The van der Waals surface area contributed by atoms with Crippen molar-refractivity contribution in [3.8, 4) is 23.0 Å². The van der Waals surface area contributed by atoms with Crippen molar-refractivity contribution in [2.24, 2.45) is 0 Å². The average Bonchev–Trinajstić information content (AvgIpc) is 3.46. The third kappa shape index (κ3) is 3.10. The summed E-state index contributed by atoms with van der Waals surface area (Å²) in [6.45, 7) is 0.838. The van der Waals surface area contributed by atoms with Crippen LogP contribution >= 0.6 is 0 Å². The molecule has 5 rings (SSSR count). The molecular weight excluding hydrogens is 406 g/mol. The lowest BCUT2D eigenvalue weighted by atomic mass is 10.0. The van der Waals surface area contributed by atoms with E-state index in [2.05, 4.69) is 15.4 Å². The van der Waals surface area contributed by atoms with Gasteiger partial charge in [0.05, 0.1) is 58.7 Å². The van der Waals surface area contributed by atoms with Crippen molar-refractivity contribution in [2.75, 3.05) is 18.0 Å². The van der Waals surface area contributed by atoms with Gasteiger partial charge in [-0.2, -0.15) is 5.26 Å². The van der Waals surface area contributed by atoms with E-state index in [0.717, 1.165) is 6.20 Å². The molecule has 0 saturated carbocycles. The van der Waals surface area contributed by atoms with Gasteiger partial charge >= 0.3 is 0 Å². The molecule has 8 nitrogen and oxygen atoms in total. The Morgan fingerprint density at radius 1 is 1.26 bits per heavy atom. The number of nitrogens with one attached hydrogen (secondary N) is 1. The van der Waals surface area contributed by atoms with Crippen LogP contribution in [0.5, 0.6) is 0 Å². The monoisotopic (exact) mass is 422 g/mol. The van der Waals surface area contributed by atoms with Crippen LogP contribution in [-0.4, -0.2) is 45.0 Å². The van der Waals surface area contributed by atoms with Gasteiger partial charge in [-0.3, -0.25) is 4.79 Å². The highest BCUT2D eigenvalue weighted by Crippen LogP contribution is 2.32. The fourth-order valence-electron chi connectivity index (χ4n) is 4.01. The molecule has 1 amide bonds. The first-order valence-electron chi connectivity index (χ1n) is 9.66. The van der Waals surface area contributed by atoms with Gasteiger partial charge in [0.2, 0.25) is 0 Å². The van der Waals surface area contributed by atoms with E-state index in [4.69, 9.17) is 0 Å². The molecule has 4 heterocycles. The predicted octanol–water partition coefficient (Wildman–Crippen LogP) is 1.90. The lowest BCUT2D eigenvalue weighted by Crippen LogP contribution is -2.22. The molecule has 0 unspecified atom stereocenters. The number of carbonyl (C=O) groups is 1. The predicted molar refractivity (Wildman–Crippen MR) is 105 cm³/mol. The van der Waals surface area contributed by atoms with Gasteiger partial charge in [-0.15, -0.1) is 5.10 Å². The zero-order valence-electron chi connectivity index (χ0n) is 16.1. The van der Waals surface area contributed by atoms with E-state index in [0.29, 0.717) is 18.7 Å². The van der Waals surface area contributed by atoms with E-state index in [1.807, 2.05) is 6.07 Å².